The number of hydrogen-bond donors (Lipinski definition) is 2. The first-order valence-electron chi connectivity index (χ1n) is 7.46. The second-order valence-electron chi connectivity index (χ2n) is 4.39. The largest absolute Gasteiger partial charge is 0.504 e. The summed E-state index contributed by atoms with van der Waals surface area (Å²) in [4.78, 5) is 20.5. The molecule has 128 valence electrons. The molecule has 1 heterocycles. The summed E-state index contributed by atoms with van der Waals surface area (Å²) in [7, 11) is 0. The first kappa shape index (κ1) is 19.0. The lowest BCUT2D eigenvalue weighted by atomic mass is 10.2. The molecule has 3 rings (SSSR count). The average molecular weight is 332 g/mol. The number of hydrogen-bond acceptors (Lipinski definition) is 6. The summed E-state index contributed by atoms with van der Waals surface area (Å²) >= 11 is 0. The van der Waals surface area contributed by atoms with Gasteiger partial charge in [0.2, 0.25) is 0 Å². The molecule has 1 aliphatic heterocycles. The predicted molar refractivity (Wildman–Crippen MR) is 89.3 cm³/mol. The molecular weight excluding hydrogens is 312 g/mol. The van der Waals surface area contributed by atoms with E-state index in [1.807, 2.05) is 13.8 Å². The maximum Gasteiger partial charge on any atom is 0.162 e. The van der Waals surface area contributed by atoms with Crippen LogP contribution < -0.4 is 9.47 Å². The third-order valence-corrected chi connectivity index (χ3v) is 2.84. The first-order chi connectivity index (χ1) is 11.6. The zero-order valence-corrected chi connectivity index (χ0v) is 13.6. The average Bonchev–Trinajstić information content (AvgIpc) is 2.65. The van der Waals surface area contributed by atoms with Crippen molar-refractivity contribution in [3.63, 3.8) is 0 Å². The van der Waals surface area contributed by atoms with Crippen molar-refractivity contribution < 1.29 is 29.3 Å². The summed E-state index contributed by atoms with van der Waals surface area (Å²) in [6.45, 7) is 5.13. The zero-order valence-electron chi connectivity index (χ0n) is 13.6. The van der Waals surface area contributed by atoms with Crippen LogP contribution in [-0.2, 0) is 0 Å². The van der Waals surface area contributed by atoms with Gasteiger partial charge in [-0.2, -0.15) is 0 Å². The normalized spacial score (nSPS) is 11.1. The lowest BCUT2D eigenvalue weighted by Crippen LogP contribution is -2.15. The Hall–Kier alpha value is -3.02. The van der Waals surface area contributed by atoms with Gasteiger partial charge in [-0.25, -0.2) is 0 Å². The van der Waals surface area contributed by atoms with Gasteiger partial charge in [-0.3, -0.25) is 9.59 Å². The third kappa shape index (κ3) is 5.31. The molecule has 0 aliphatic carbocycles. The van der Waals surface area contributed by atoms with Crippen molar-refractivity contribution in [1.29, 1.82) is 0 Å². The number of benzene rings is 2. The molecule has 0 saturated heterocycles. The fourth-order valence-electron chi connectivity index (χ4n) is 1.75. The highest BCUT2D eigenvalue weighted by atomic mass is 16.6. The van der Waals surface area contributed by atoms with Crippen LogP contribution in [0.4, 0.5) is 0 Å². The summed E-state index contributed by atoms with van der Waals surface area (Å²) in [5.41, 5.74) is 0.953. The van der Waals surface area contributed by atoms with Crippen molar-refractivity contribution in [2.24, 2.45) is 0 Å². The van der Waals surface area contributed by atoms with Crippen molar-refractivity contribution in [3.05, 3.63) is 47.5 Å². The fraction of sp³-hybridized carbons (Fsp3) is 0.222. The van der Waals surface area contributed by atoms with Crippen LogP contribution in [0, 0.1) is 0 Å². The lowest BCUT2D eigenvalue weighted by molar-refractivity contribution is 0.111. The summed E-state index contributed by atoms with van der Waals surface area (Å²) in [6.07, 6.45) is 1.39. The standard InChI is InChI=1S/C9H8O3.C7H6O3.C2H6/c10-6-7-1-2-8-9(5-7)12-4-3-11-8;8-4-5-1-2-6(9)7(10)3-5;1-2/h1-2,5-6H,3-4H2;1-4,9-10H;1-2H3. The van der Waals surface area contributed by atoms with Gasteiger partial charge in [0.25, 0.3) is 0 Å². The van der Waals surface area contributed by atoms with Crippen molar-refractivity contribution in [2.75, 3.05) is 13.2 Å². The Balaban J connectivity index is 0.000000221. The van der Waals surface area contributed by atoms with Crippen LogP contribution in [0.1, 0.15) is 34.6 Å². The molecule has 0 saturated carbocycles. The van der Waals surface area contributed by atoms with Crippen molar-refractivity contribution in [2.45, 2.75) is 13.8 Å². The van der Waals surface area contributed by atoms with E-state index in [0.29, 0.717) is 42.1 Å². The second kappa shape index (κ2) is 9.89. The van der Waals surface area contributed by atoms with Gasteiger partial charge in [0, 0.05) is 11.1 Å². The van der Waals surface area contributed by atoms with Gasteiger partial charge >= 0.3 is 0 Å². The molecular formula is C18H20O6. The summed E-state index contributed by atoms with van der Waals surface area (Å²) < 4.78 is 10.6. The van der Waals surface area contributed by atoms with Crippen LogP contribution in [0.25, 0.3) is 0 Å². The number of aldehydes is 2. The van der Waals surface area contributed by atoms with Gasteiger partial charge in [0.1, 0.15) is 25.8 Å². The molecule has 0 bridgehead atoms. The molecule has 0 radical (unpaired) electrons. The summed E-state index contributed by atoms with van der Waals surface area (Å²) in [6, 6.07) is 9.02. The number of aromatic hydroxyl groups is 2. The van der Waals surface area contributed by atoms with E-state index in [1.54, 1.807) is 18.2 Å². The topological polar surface area (TPSA) is 93.1 Å². The fourth-order valence-corrected chi connectivity index (χ4v) is 1.75. The number of carbonyl (C=O) groups is 2. The Morgan fingerprint density at radius 3 is 1.92 bits per heavy atom. The van der Waals surface area contributed by atoms with Gasteiger partial charge in [-0.15, -0.1) is 0 Å². The minimum Gasteiger partial charge on any atom is -0.504 e. The number of ether oxygens (including phenoxy) is 2. The SMILES string of the molecule is CC.O=Cc1ccc(O)c(O)c1.O=Cc1ccc2c(c1)OCCO2. The molecule has 0 fully saturated rings. The van der Waals surface area contributed by atoms with Gasteiger partial charge in [0.05, 0.1) is 0 Å². The van der Waals surface area contributed by atoms with E-state index < -0.39 is 0 Å². The molecule has 0 unspecified atom stereocenters. The summed E-state index contributed by atoms with van der Waals surface area (Å²) in [5.74, 6) is 0.882. The quantitative estimate of drug-likeness (QED) is 0.648. The van der Waals surface area contributed by atoms with Crippen molar-refractivity contribution in [3.8, 4) is 23.0 Å². The van der Waals surface area contributed by atoms with Crippen molar-refractivity contribution >= 4 is 12.6 Å². The molecule has 2 N–H and O–H groups in total. The van der Waals surface area contributed by atoms with Crippen LogP contribution in [0.5, 0.6) is 23.0 Å². The minimum absolute atomic E-state index is 0.217. The van der Waals surface area contributed by atoms with Crippen LogP contribution in [0.3, 0.4) is 0 Å². The van der Waals surface area contributed by atoms with Crippen LogP contribution >= 0.6 is 0 Å². The third-order valence-electron chi connectivity index (χ3n) is 2.84. The number of carbonyl (C=O) groups excluding carboxylic acids is 2. The highest BCUT2D eigenvalue weighted by Crippen LogP contribution is 2.30. The molecule has 0 aromatic heterocycles. The Morgan fingerprint density at radius 2 is 1.33 bits per heavy atom. The smallest absolute Gasteiger partial charge is 0.162 e. The maximum atomic E-state index is 10.4. The lowest BCUT2D eigenvalue weighted by Gasteiger charge is -2.17. The van der Waals surface area contributed by atoms with Crippen LogP contribution in [0.2, 0.25) is 0 Å². The Labute approximate surface area is 140 Å². The molecule has 6 nitrogen and oxygen atoms in total. The second-order valence-corrected chi connectivity index (χ2v) is 4.39. The number of phenols is 2. The number of rotatable bonds is 2. The van der Waals surface area contributed by atoms with E-state index in [-0.39, 0.29) is 11.5 Å². The number of fused-ring (bicyclic) bond motifs is 1. The first-order valence-corrected chi connectivity index (χ1v) is 7.46. The molecule has 6 heteroatoms. The number of phenolic OH excluding ortho intramolecular Hbond substituents is 2. The highest BCUT2D eigenvalue weighted by Gasteiger charge is 2.10. The van der Waals surface area contributed by atoms with Gasteiger partial charge < -0.3 is 19.7 Å². The monoisotopic (exact) mass is 332 g/mol. The van der Waals surface area contributed by atoms with E-state index in [1.165, 1.54) is 18.2 Å². The van der Waals surface area contributed by atoms with E-state index in [2.05, 4.69) is 0 Å². The molecule has 1 aliphatic rings. The maximum absolute atomic E-state index is 10.4. The van der Waals surface area contributed by atoms with Crippen LogP contribution in [-0.4, -0.2) is 36.0 Å². The van der Waals surface area contributed by atoms with E-state index >= 15 is 0 Å². The van der Waals surface area contributed by atoms with Crippen molar-refractivity contribution in [1.82, 2.24) is 0 Å². The van der Waals surface area contributed by atoms with Gasteiger partial charge in [-0.05, 0) is 36.4 Å². The molecule has 0 spiro atoms. The Morgan fingerprint density at radius 1 is 0.792 bits per heavy atom. The van der Waals surface area contributed by atoms with E-state index in [9.17, 15) is 9.59 Å². The van der Waals surface area contributed by atoms with Gasteiger partial charge in [0.15, 0.2) is 23.0 Å². The van der Waals surface area contributed by atoms with E-state index in [0.717, 1.165) is 6.29 Å². The zero-order chi connectivity index (χ0) is 17.9. The molecule has 2 aromatic rings. The molecule has 24 heavy (non-hydrogen) atoms. The van der Waals surface area contributed by atoms with Crippen LogP contribution in [0.15, 0.2) is 36.4 Å². The molecule has 0 atom stereocenters. The highest BCUT2D eigenvalue weighted by molar-refractivity contribution is 5.76. The minimum atomic E-state index is -0.274. The summed E-state index contributed by atoms with van der Waals surface area (Å²) in [5, 5.41) is 17.6. The molecule has 0 amide bonds. The Bertz CT molecular complexity index is 681. The Kier molecular flexibility index (Phi) is 7.84. The van der Waals surface area contributed by atoms with Gasteiger partial charge in [-0.1, -0.05) is 13.8 Å². The van der Waals surface area contributed by atoms with E-state index in [4.69, 9.17) is 19.7 Å². The predicted octanol–water partition coefficient (Wildman–Crippen LogP) is 3.21. The molecule has 2 aromatic carbocycles.